The van der Waals surface area contributed by atoms with Gasteiger partial charge in [0.05, 0.1) is 18.8 Å². The maximum absolute atomic E-state index is 13.8. The predicted molar refractivity (Wildman–Crippen MR) is 89.5 cm³/mol. The van der Waals surface area contributed by atoms with Gasteiger partial charge < -0.3 is 15.0 Å². The molecule has 0 heterocycles. The summed E-state index contributed by atoms with van der Waals surface area (Å²) in [7, 11) is 1.57. The molecule has 0 aliphatic carbocycles. The third-order valence-corrected chi connectivity index (χ3v) is 3.59. The lowest BCUT2D eigenvalue weighted by molar-refractivity contribution is 0.220. The van der Waals surface area contributed by atoms with Gasteiger partial charge in [0.2, 0.25) is 0 Å². The third kappa shape index (κ3) is 4.36. The summed E-state index contributed by atoms with van der Waals surface area (Å²) in [5.41, 5.74) is 0.843. The summed E-state index contributed by atoms with van der Waals surface area (Å²) in [6.07, 6.45) is 0. The second kappa shape index (κ2) is 7.83. The fourth-order valence-electron chi connectivity index (χ4n) is 2.05. The van der Waals surface area contributed by atoms with Gasteiger partial charge in [-0.05, 0) is 31.2 Å². The molecule has 0 saturated heterocycles. The quantitative estimate of drug-likeness (QED) is 0.870. The highest BCUT2D eigenvalue weighted by molar-refractivity contribution is 6.31. The number of halogens is 2. The highest BCUT2D eigenvalue weighted by atomic mass is 35.5. The molecule has 4 nitrogen and oxygen atoms in total. The maximum atomic E-state index is 13.8. The van der Waals surface area contributed by atoms with Crippen LogP contribution < -0.4 is 10.1 Å². The second-order valence-corrected chi connectivity index (χ2v) is 5.32. The SMILES string of the molecule is CCOc1ccccc1NC(=O)N(C)Cc1c(F)cccc1Cl. The van der Waals surface area contributed by atoms with Crippen molar-refractivity contribution in [1.82, 2.24) is 4.90 Å². The summed E-state index contributed by atoms with van der Waals surface area (Å²) < 4.78 is 19.3. The molecule has 0 bridgehead atoms. The van der Waals surface area contributed by atoms with Crippen LogP contribution in [0.25, 0.3) is 0 Å². The summed E-state index contributed by atoms with van der Waals surface area (Å²) in [4.78, 5) is 13.6. The molecule has 0 saturated carbocycles. The molecule has 2 aromatic carbocycles. The molecule has 0 atom stereocenters. The number of amides is 2. The van der Waals surface area contributed by atoms with Crippen LogP contribution in [0, 0.1) is 5.82 Å². The van der Waals surface area contributed by atoms with Crippen LogP contribution in [0.3, 0.4) is 0 Å². The average molecular weight is 337 g/mol. The van der Waals surface area contributed by atoms with E-state index < -0.39 is 5.82 Å². The zero-order valence-corrected chi connectivity index (χ0v) is 13.7. The van der Waals surface area contributed by atoms with Gasteiger partial charge in [0.1, 0.15) is 11.6 Å². The molecule has 122 valence electrons. The van der Waals surface area contributed by atoms with Gasteiger partial charge in [-0.3, -0.25) is 0 Å². The van der Waals surface area contributed by atoms with Crippen molar-refractivity contribution in [1.29, 1.82) is 0 Å². The minimum absolute atomic E-state index is 0.0636. The van der Waals surface area contributed by atoms with E-state index in [4.69, 9.17) is 16.3 Å². The first-order chi connectivity index (χ1) is 11.0. The van der Waals surface area contributed by atoms with Crippen LogP contribution in [0.1, 0.15) is 12.5 Å². The van der Waals surface area contributed by atoms with Crippen molar-refractivity contribution < 1.29 is 13.9 Å². The largest absolute Gasteiger partial charge is 0.492 e. The molecule has 1 N–H and O–H groups in total. The lowest BCUT2D eigenvalue weighted by atomic mass is 10.2. The van der Waals surface area contributed by atoms with E-state index in [1.54, 1.807) is 31.3 Å². The van der Waals surface area contributed by atoms with E-state index in [1.165, 1.54) is 17.0 Å². The number of ether oxygens (including phenoxy) is 1. The molecule has 0 aromatic heterocycles. The van der Waals surface area contributed by atoms with Crippen LogP contribution in [0.2, 0.25) is 5.02 Å². The Kier molecular flexibility index (Phi) is 5.82. The Bertz CT molecular complexity index is 674. The molecular formula is C17H18ClFN2O2. The van der Waals surface area contributed by atoms with Gasteiger partial charge in [-0.1, -0.05) is 29.8 Å². The number of nitrogens with one attached hydrogen (secondary N) is 1. The number of benzene rings is 2. The molecule has 0 radical (unpaired) electrons. The minimum Gasteiger partial charge on any atom is -0.492 e. The minimum atomic E-state index is -0.438. The molecule has 6 heteroatoms. The van der Waals surface area contributed by atoms with Gasteiger partial charge in [0, 0.05) is 17.6 Å². The summed E-state index contributed by atoms with van der Waals surface area (Å²) in [6, 6.07) is 11.2. The number of rotatable bonds is 5. The van der Waals surface area contributed by atoms with Gasteiger partial charge in [-0.15, -0.1) is 0 Å². The van der Waals surface area contributed by atoms with Gasteiger partial charge in [0.25, 0.3) is 0 Å². The number of para-hydroxylation sites is 2. The molecule has 2 amide bonds. The fraction of sp³-hybridized carbons (Fsp3) is 0.235. The number of urea groups is 1. The molecule has 0 unspecified atom stereocenters. The van der Waals surface area contributed by atoms with Crippen molar-refractivity contribution in [2.45, 2.75) is 13.5 Å². The third-order valence-electron chi connectivity index (χ3n) is 3.23. The van der Waals surface area contributed by atoms with Crippen molar-refractivity contribution in [2.24, 2.45) is 0 Å². The number of carbonyl (C=O) groups excluding carboxylic acids is 1. The number of hydrogen-bond donors (Lipinski definition) is 1. The lowest BCUT2D eigenvalue weighted by Gasteiger charge is -2.20. The molecule has 23 heavy (non-hydrogen) atoms. The van der Waals surface area contributed by atoms with E-state index in [0.717, 1.165) is 0 Å². The Morgan fingerprint density at radius 3 is 2.70 bits per heavy atom. The molecule has 0 aliphatic heterocycles. The summed E-state index contributed by atoms with van der Waals surface area (Å²) in [5, 5.41) is 3.04. The van der Waals surface area contributed by atoms with Gasteiger partial charge in [0.15, 0.2) is 0 Å². The molecule has 0 aliphatic rings. The van der Waals surface area contributed by atoms with Crippen LogP contribution in [0.4, 0.5) is 14.9 Å². The van der Waals surface area contributed by atoms with Crippen molar-refractivity contribution >= 4 is 23.3 Å². The van der Waals surface area contributed by atoms with Crippen LogP contribution in [0.5, 0.6) is 5.75 Å². The van der Waals surface area contributed by atoms with Crippen molar-refractivity contribution in [3.8, 4) is 5.75 Å². The first-order valence-electron chi connectivity index (χ1n) is 7.19. The van der Waals surface area contributed by atoms with Crippen LogP contribution in [-0.4, -0.2) is 24.6 Å². The van der Waals surface area contributed by atoms with E-state index in [0.29, 0.717) is 23.1 Å². The monoisotopic (exact) mass is 336 g/mol. The zero-order chi connectivity index (χ0) is 16.8. The normalized spacial score (nSPS) is 10.3. The van der Waals surface area contributed by atoms with Crippen LogP contribution in [-0.2, 0) is 6.54 Å². The van der Waals surface area contributed by atoms with E-state index in [2.05, 4.69) is 5.32 Å². The Balaban J connectivity index is 2.09. The van der Waals surface area contributed by atoms with E-state index in [9.17, 15) is 9.18 Å². The van der Waals surface area contributed by atoms with E-state index >= 15 is 0 Å². The average Bonchev–Trinajstić information content (AvgIpc) is 2.53. The lowest BCUT2D eigenvalue weighted by Crippen LogP contribution is -2.31. The first kappa shape index (κ1) is 17.1. The Hall–Kier alpha value is -2.27. The van der Waals surface area contributed by atoms with Gasteiger partial charge >= 0.3 is 6.03 Å². The van der Waals surface area contributed by atoms with Crippen molar-refractivity contribution in [2.75, 3.05) is 19.0 Å². The summed E-state index contributed by atoms with van der Waals surface area (Å²) >= 11 is 5.99. The summed E-state index contributed by atoms with van der Waals surface area (Å²) in [6.45, 7) is 2.42. The number of hydrogen-bond acceptors (Lipinski definition) is 2. The molecule has 0 fully saturated rings. The predicted octanol–water partition coefficient (Wildman–Crippen LogP) is 4.54. The van der Waals surface area contributed by atoms with E-state index in [1.807, 2.05) is 13.0 Å². The van der Waals surface area contributed by atoms with Crippen molar-refractivity contribution in [3.63, 3.8) is 0 Å². The van der Waals surface area contributed by atoms with Crippen molar-refractivity contribution in [3.05, 3.63) is 58.9 Å². The number of carbonyl (C=O) groups is 1. The Labute approximate surface area is 139 Å². The van der Waals surface area contributed by atoms with Gasteiger partial charge in [-0.25, -0.2) is 9.18 Å². The Morgan fingerprint density at radius 2 is 2.00 bits per heavy atom. The standard InChI is InChI=1S/C17H18ClFN2O2/c1-3-23-16-10-5-4-9-15(16)20-17(22)21(2)11-12-13(18)7-6-8-14(12)19/h4-10H,3,11H2,1-2H3,(H,20,22). The number of anilines is 1. The summed E-state index contributed by atoms with van der Waals surface area (Å²) in [5.74, 6) is 0.146. The molecular weight excluding hydrogens is 319 g/mol. The maximum Gasteiger partial charge on any atom is 0.321 e. The topological polar surface area (TPSA) is 41.6 Å². The van der Waals surface area contributed by atoms with Gasteiger partial charge in [-0.2, -0.15) is 0 Å². The molecule has 0 spiro atoms. The Morgan fingerprint density at radius 1 is 1.26 bits per heavy atom. The number of nitrogens with zero attached hydrogens (tertiary/aromatic N) is 1. The van der Waals surface area contributed by atoms with E-state index in [-0.39, 0.29) is 18.1 Å². The van der Waals surface area contributed by atoms with Crippen LogP contribution in [0.15, 0.2) is 42.5 Å². The molecule has 2 rings (SSSR count). The highest BCUT2D eigenvalue weighted by Gasteiger charge is 2.15. The van der Waals surface area contributed by atoms with Crippen LogP contribution >= 0.6 is 11.6 Å². The zero-order valence-electron chi connectivity index (χ0n) is 13.0. The fourth-order valence-corrected chi connectivity index (χ4v) is 2.28. The highest BCUT2D eigenvalue weighted by Crippen LogP contribution is 2.25. The smallest absolute Gasteiger partial charge is 0.321 e. The second-order valence-electron chi connectivity index (χ2n) is 4.92. The first-order valence-corrected chi connectivity index (χ1v) is 7.57. The molecule has 2 aromatic rings.